The van der Waals surface area contributed by atoms with Gasteiger partial charge in [-0.25, -0.2) is 13.8 Å². The van der Waals surface area contributed by atoms with Crippen molar-refractivity contribution in [3.8, 4) is 0 Å². The number of anilines is 2. The van der Waals surface area contributed by atoms with Crippen molar-refractivity contribution < 1.29 is 13.5 Å². The Hall–Kier alpha value is -3.00. The van der Waals surface area contributed by atoms with Gasteiger partial charge in [-0.2, -0.15) is 0 Å². The van der Waals surface area contributed by atoms with Gasteiger partial charge in [-0.15, -0.1) is 0 Å². The first kappa shape index (κ1) is 19.0. The van der Waals surface area contributed by atoms with E-state index in [2.05, 4.69) is 0 Å². The molecule has 4 heterocycles. The van der Waals surface area contributed by atoms with E-state index >= 15 is 0 Å². The Labute approximate surface area is 172 Å². The van der Waals surface area contributed by atoms with E-state index in [0.717, 1.165) is 17.2 Å². The average Bonchev–Trinajstić information content (AvgIpc) is 3.12. The van der Waals surface area contributed by atoms with Crippen LogP contribution in [-0.4, -0.2) is 42.2 Å². The van der Waals surface area contributed by atoms with Crippen molar-refractivity contribution in [3.63, 3.8) is 0 Å². The summed E-state index contributed by atoms with van der Waals surface area (Å²) in [6.07, 6.45) is 2.30. The maximum absolute atomic E-state index is 14.2. The highest BCUT2D eigenvalue weighted by atomic mass is 19.1. The van der Waals surface area contributed by atoms with E-state index in [4.69, 9.17) is 9.72 Å². The smallest absolute Gasteiger partial charge is 0.259 e. The van der Waals surface area contributed by atoms with Gasteiger partial charge in [0.2, 0.25) is 0 Å². The number of nitrogens with zero attached hydrogens (tertiary/aromatic N) is 4. The third kappa shape index (κ3) is 3.31. The highest BCUT2D eigenvalue weighted by molar-refractivity contribution is 5.61. The summed E-state index contributed by atoms with van der Waals surface area (Å²) >= 11 is 0. The van der Waals surface area contributed by atoms with Crippen molar-refractivity contribution in [1.82, 2.24) is 9.38 Å². The Morgan fingerprint density at radius 1 is 1.10 bits per heavy atom. The second-order valence-corrected chi connectivity index (χ2v) is 7.85. The molecule has 3 aromatic rings. The van der Waals surface area contributed by atoms with Crippen LogP contribution in [0.15, 0.2) is 35.3 Å². The number of ether oxygens (including phenoxy) is 1. The Kier molecular flexibility index (Phi) is 4.66. The molecular formula is C22H22F2N4O2. The van der Waals surface area contributed by atoms with Gasteiger partial charge >= 0.3 is 0 Å². The van der Waals surface area contributed by atoms with E-state index in [1.165, 1.54) is 6.07 Å². The number of aromatic nitrogens is 2. The first-order chi connectivity index (χ1) is 14.5. The summed E-state index contributed by atoms with van der Waals surface area (Å²) in [5.74, 6) is -0.464. The normalized spacial score (nSPS) is 16.4. The van der Waals surface area contributed by atoms with E-state index in [0.29, 0.717) is 68.5 Å². The lowest BCUT2D eigenvalue weighted by atomic mass is 10.1. The SMILES string of the molecule is Cc1cc(CN2CCc3c(F)cc(F)cc32)c2nc(N3CCOCC3)cc(=O)n2c1. The number of hydrogen-bond acceptors (Lipinski definition) is 5. The monoisotopic (exact) mass is 412 g/mol. The summed E-state index contributed by atoms with van der Waals surface area (Å²) < 4.78 is 34.9. The van der Waals surface area contributed by atoms with Crippen LogP contribution in [0.2, 0.25) is 0 Å². The molecule has 0 amide bonds. The Morgan fingerprint density at radius 2 is 1.90 bits per heavy atom. The number of fused-ring (bicyclic) bond motifs is 2. The summed E-state index contributed by atoms with van der Waals surface area (Å²) in [6.45, 7) is 5.49. The number of benzene rings is 1. The average molecular weight is 412 g/mol. The molecule has 0 saturated carbocycles. The fourth-order valence-electron chi connectivity index (χ4n) is 4.34. The van der Waals surface area contributed by atoms with Crippen LogP contribution in [0.3, 0.4) is 0 Å². The summed E-state index contributed by atoms with van der Waals surface area (Å²) in [5, 5.41) is 0. The molecule has 2 aromatic heterocycles. The van der Waals surface area contributed by atoms with Crippen LogP contribution in [0, 0.1) is 18.6 Å². The Morgan fingerprint density at radius 3 is 2.70 bits per heavy atom. The summed E-state index contributed by atoms with van der Waals surface area (Å²) in [5.41, 5.74) is 3.29. The van der Waals surface area contributed by atoms with Crippen molar-refractivity contribution in [1.29, 1.82) is 0 Å². The largest absolute Gasteiger partial charge is 0.378 e. The lowest BCUT2D eigenvalue weighted by Gasteiger charge is -2.28. The molecule has 156 valence electrons. The Balaban J connectivity index is 1.58. The molecule has 1 saturated heterocycles. The molecule has 0 atom stereocenters. The van der Waals surface area contributed by atoms with Crippen LogP contribution >= 0.6 is 0 Å². The molecule has 1 aromatic carbocycles. The zero-order chi connectivity index (χ0) is 20.8. The second-order valence-electron chi connectivity index (χ2n) is 7.85. The fourth-order valence-corrected chi connectivity index (χ4v) is 4.34. The zero-order valence-corrected chi connectivity index (χ0v) is 16.7. The second kappa shape index (κ2) is 7.36. The van der Waals surface area contributed by atoms with Crippen LogP contribution in [0.4, 0.5) is 20.3 Å². The third-order valence-electron chi connectivity index (χ3n) is 5.77. The van der Waals surface area contributed by atoms with Gasteiger partial charge in [0.15, 0.2) is 0 Å². The molecule has 8 heteroatoms. The van der Waals surface area contributed by atoms with Crippen molar-refractivity contribution in [2.24, 2.45) is 0 Å². The van der Waals surface area contributed by atoms with Gasteiger partial charge < -0.3 is 14.5 Å². The molecule has 6 nitrogen and oxygen atoms in total. The van der Waals surface area contributed by atoms with Gasteiger partial charge in [0.05, 0.1) is 13.2 Å². The molecule has 1 fully saturated rings. The third-order valence-corrected chi connectivity index (χ3v) is 5.77. The summed E-state index contributed by atoms with van der Waals surface area (Å²) in [7, 11) is 0. The fraction of sp³-hybridized carbons (Fsp3) is 0.364. The molecule has 0 unspecified atom stereocenters. The molecule has 2 aliphatic rings. The molecular weight excluding hydrogens is 390 g/mol. The lowest BCUT2D eigenvalue weighted by molar-refractivity contribution is 0.122. The van der Waals surface area contributed by atoms with Crippen LogP contribution in [0.25, 0.3) is 5.65 Å². The number of hydrogen-bond donors (Lipinski definition) is 0. The van der Waals surface area contributed by atoms with Crippen LogP contribution in [-0.2, 0) is 17.7 Å². The molecule has 0 N–H and O–H groups in total. The van der Waals surface area contributed by atoms with Gasteiger partial charge in [0, 0.05) is 61.3 Å². The van der Waals surface area contributed by atoms with Gasteiger partial charge in [0.1, 0.15) is 23.1 Å². The zero-order valence-electron chi connectivity index (χ0n) is 16.7. The standard InChI is InChI=1S/C22H22F2N4O2/c1-14-8-15(13-27-3-2-17-18(24)9-16(23)10-19(17)27)22-25-20(11-21(29)28(22)12-14)26-4-6-30-7-5-26/h8-12H,2-7,13H2,1H3. The van der Waals surface area contributed by atoms with E-state index in [1.54, 1.807) is 16.7 Å². The predicted molar refractivity (Wildman–Crippen MR) is 110 cm³/mol. The molecule has 5 rings (SSSR count). The molecule has 0 spiro atoms. The minimum atomic E-state index is -0.587. The molecule has 0 radical (unpaired) electrons. The maximum Gasteiger partial charge on any atom is 0.259 e. The minimum absolute atomic E-state index is 0.148. The van der Waals surface area contributed by atoms with Crippen molar-refractivity contribution in [2.45, 2.75) is 19.9 Å². The molecule has 2 aliphatic heterocycles. The first-order valence-electron chi connectivity index (χ1n) is 10.1. The van der Waals surface area contributed by atoms with Gasteiger partial charge in [-0.05, 0) is 31.0 Å². The van der Waals surface area contributed by atoms with Gasteiger partial charge in [-0.3, -0.25) is 9.20 Å². The van der Waals surface area contributed by atoms with Crippen molar-refractivity contribution in [3.05, 3.63) is 69.1 Å². The van der Waals surface area contributed by atoms with E-state index in [1.807, 2.05) is 22.8 Å². The summed E-state index contributed by atoms with van der Waals surface area (Å²) in [4.78, 5) is 21.6. The van der Waals surface area contributed by atoms with E-state index in [-0.39, 0.29) is 5.56 Å². The number of aryl methyl sites for hydroxylation is 1. The molecule has 30 heavy (non-hydrogen) atoms. The number of pyridine rings is 1. The quantitative estimate of drug-likeness (QED) is 0.662. The predicted octanol–water partition coefficient (Wildman–Crippen LogP) is 2.68. The number of rotatable bonds is 3. The van der Waals surface area contributed by atoms with Crippen LogP contribution < -0.4 is 15.4 Å². The minimum Gasteiger partial charge on any atom is -0.378 e. The maximum atomic E-state index is 14.2. The molecule has 0 bridgehead atoms. The van der Waals surface area contributed by atoms with Crippen LogP contribution in [0.5, 0.6) is 0 Å². The van der Waals surface area contributed by atoms with Crippen molar-refractivity contribution >= 4 is 17.2 Å². The highest BCUT2D eigenvalue weighted by Gasteiger charge is 2.25. The summed E-state index contributed by atoms with van der Waals surface area (Å²) in [6, 6.07) is 5.85. The lowest BCUT2D eigenvalue weighted by Crippen LogP contribution is -2.37. The van der Waals surface area contributed by atoms with Gasteiger partial charge in [0.25, 0.3) is 5.56 Å². The van der Waals surface area contributed by atoms with E-state index in [9.17, 15) is 13.6 Å². The van der Waals surface area contributed by atoms with Crippen LogP contribution in [0.1, 0.15) is 16.7 Å². The highest BCUT2D eigenvalue weighted by Crippen LogP contribution is 2.33. The Bertz CT molecular complexity index is 1190. The number of morpholine rings is 1. The topological polar surface area (TPSA) is 50.1 Å². The molecule has 0 aliphatic carbocycles. The van der Waals surface area contributed by atoms with Gasteiger partial charge in [-0.1, -0.05) is 0 Å². The van der Waals surface area contributed by atoms with Crippen molar-refractivity contribution in [2.75, 3.05) is 42.6 Å². The van der Waals surface area contributed by atoms with E-state index < -0.39 is 11.6 Å². The number of halogens is 2. The first-order valence-corrected chi connectivity index (χ1v) is 10.1.